The predicted molar refractivity (Wildman–Crippen MR) is 69.7 cm³/mol. The zero-order valence-electron chi connectivity index (χ0n) is 10.1. The van der Waals surface area contributed by atoms with E-state index in [1.54, 1.807) is 0 Å². The van der Waals surface area contributed by atoms with Crippen LogP contribution in [0.25, 0.3) is 0 Å². The number of aromatic nitrogens is 2. The van der Waals surface area contributed by atoms with E-state index < -0.39 is 0 Å². The maximum Gasteiger partial charge on any atom is 0.0738 e. The van der Waals surface area contributed by atoms with E-state index in [9.17, 15) is 0 Å². The monoisotopic (exact) mass is 285 g/mol. The fraction of sp³-hybridized carbons (Fsp3) is 0.750. The van der Waals surface area contributed by atoms with E-state index in [1.165, 1.54) is 29.4 Å². The summed E-state index contributed by atoms with van der Waals surface area (Å²) in [6, 6.07) is 0.821. The SMILES string of the molecule is CCn1nc(C)c(Br)c1CCCNC1CC1. The molecule has 0 amide bonds. The number of nitrogens with one attached hydrogen (secondary N) is 1. The molecule has 1 aliphatic carbocycles. The first-order valence-electron chi connectivity index (χ1n) is 6.17. The molecule has 90 valence electrons. The number of halogens is 1. The third-order valence-corrected chi connectivity index (χ3v) is 4.09. The lowest BCUT2D eigenvalue weighted by atomic mass is 10.2. The Bertz CT molecular complexity index is 355. The molecule has 1 saturated carbocycles. The minimum Gasteiger partial charge on any atom is -0.314 e. The third kappa shape index (κ3) is 2.86. The molecule has 0 saturated heterocycles. The Morgan fingerprint density at radius 3 is 2.88 bits per heavy atom. The second kappa shape index (κ2) is 5.32. The van der Waals surface area contributed by atoms with E-state index in [1.807, 2.05) is 0 Å². The molecule has 0 aromatic carbocycles. The molecule has 0 unspecified atom stereocenters. The Morgan fingerprint density at radius 1 is 1.50 bits per heavy atom. The van der Waals surface area contributed by atoms with Crippen molar-refractivity contribution in [2.45, 2.75) is 52.1 Å². The highest BCUT2D eigenvalue weighted by atomic mass is 79.9. The molecule has 1 N–H and O–H groups in total. The van der Waals surface area contributed by atoms with Gasteiger partial charge in [-0.15, -0.1) is 0 Å². The number of aryl methyl sites for hydroxylation is 2. The molecular formula is C12H20BrN3. The lowest BCUT2D eigenvalue weighted by molar-refractivity contribution is 0.586. The van der Waals surface area contributed by atoms with Crippen LogP contribution in [0.3, 0.4) is 0 Å². The molecule has 0 spiro atoms. The van der Waals surface area contributed by atoms with E-state index >= 15 is 0 Å². The molecule has 1 aromatic rings. The lowest BCUT2D eigenvalue weighted by Gasteiger charge is -2.06. The first kappa shape index (κ1) is 12.1. The Balaban J connectivity index is 1.86. The molecule has 0 radical (unpaired) electrons. The van der Waals surface area contributed by atoms with Crippen molar-refractivity contribution >= 4 is 15.9 Å². The second-order valence-electron chi connectivity index (χ2n) is 4.49. The number of nitrogens with zero attached hydrogens (tertiary/aromatic N) is 2. The van der Waals surface area contributed by atoms with Gasteiger partial charge < -0.3 is 5.32 Å². The van der Waals surface area contributed by atoms with Crippen LogP contribution in [0.15, 0.2) is 4.47 Å². The molecule has 0 atom stereocenters. The normalized spacial score (nSPS) is 15.7. The van der Waals surface area contributed by atoms with Crippen molar-refractivity contribution in [1.29, 1.82) is 0 Å². The Kier molecular flexibility index (Phi) is 4.03. The highest BCUT2D eigenvalue weighted by molar-refractivity contribution is 9.10. The average Bonchev–Trinajstić information content (AvgIpc) is 3.05. The van der Waals surface area contributed by atoms with Gasteiger partial charge in [0.15, 0.2) is 0 Å². The summed E-state index contributed by atoms with van der Waals surface area (Å²) in [5.74, 6) is 0. The van der Waals surface area contributed by atoms with Crippen LogP contribution in [-0.4, -0.2) is 22.4 Å². The fourth-order valence-corrected chi connectivity index (χ4v) is 2.44. The van der Waals surface area contributed by atoms with Crippen LogP contribution in [0.4, 0.5) is 0 Å². The maximum absolute atomic E-state index is 4.50. The molecule has 0 aliphatic heterocycles. The van der Waals surface area contributed by atoms with Crippen LogP contribution in [0, 0.1) is 6.92 Å². The molecule has 4 heteroatoms. The van der Waals surface area contributed by atoms with E-state index in [0.717, 1.165) is 31.2 Å². The zero-order valence-corrected chi connectivity index (χ0v) is 11.7. The van der Waals surface area contributed by atoms with E-state index in [4.69, 9.17) is 0 Å². The average molecular weight is 286 g/mol. The summed E-state index contributed by atoms with van der Waals surface area (Å²) in [5, 5.41) is 8.05. The van der Waals surface area contributed by atoms with Gasteiger partial charge in [0.2, 0.25) is 0 Å². The summed E-state index contributed by atoms with van der Waals surface area (Å²) < 4.78 is 3.30. The van der Waals surface area contributed by atoms with Gasteiger partial charge in [0.05, 0.1) is 15.9 Å². The van der Waals surface area contributed by atoms with Gasteiger partial charge in [-0.25, -0.2) is 0 Å². The number of rotatable bonds is 6. The van der Waals surface area contributed by atoms with E-state index in [-0.39, 0.29) is 0 Å². The van der Waals surface area contributed by atoms with E-state index in [2.05, 4.69) is 44.9 Å². The van der Waals surface area contributed by atoms with Crippen molar-refractivity contribution in [2.24, 2.45) is 0 Å². The second-order valence-corrected chi connectivity index (χ2v) is 5.29. The highest BCUT2D eigenvalue weighted by Gasteiger charge is 2.19. The highest BCUT2D eigenvalue weighted by Crippen LogP contribution is 2.22. The van der Waals surface area contributed by atoms with Crippen LogP contribution in [0.5, 0.6) is 0 Å². The molecule has 2 rings (SSSR count). The molecule has 1 aromatic heterocycles. The minimum absolute atomic E-state index is 0.821. The molecule has 1 aliphatic rings. The van der Waals surface area contributed by atoms with Gasteiger partial charge >= 0.3 is 0 Å². The summed E-state index contributed by atoms with van der Waals surface area (Å²) in [6.45, 7) is 6.29. The van der Waals surface area contributed by atoms with Crippen LogP contribution in [0.1, 0.15) is 37.6 Å². The zero-order chi connectivity index (χ0) is 11.5. The van der Waals surface area contributed by atoms with Crippen molar-refractivity contribution in [1.82, 2.24) is 15.1 Å². The first-order chi connectivity index (χ1) is 7.72. The van der Waals surface area contributed by atoms with Crippen molar-refractivity contribution < 1.29 is 0 Å². The van der Waals surface area contributed by atoms with Gasteiger partial charge in [-0.05, 0) is 62.0 Å². The van der Waals surface area contributed by atoms with Crippen molar-refractivity contribution in [2.75, 3.05) is 6.54 Å². The smallest absolute Gasteiger partial charge is 0.0738 e. The van der Waals surface area contributed by atoms with Crippen LogP contribution in [-0.2, 0) is 13.0 Å². The Hall–Kier alpha value is -0.350. The summed E-state index contributed by atoms with van der Waals surface area (Å²) in [7, 11) is 0. The third-order valence-electron chi connectivity index (χ3n) is 3.05. The van der Waals surface area contributed by atoms with Crippen molar-refractivity contribution in [3.05, 3.63) is 15.9 Å². The quantitative estimate of drug-likeness (QED) is 0.815. The first-order valence-corrected chi connectivity index (χ1v) is 6.96. The molecule has 0 bridgehead atoms. The fourth-order valence-electron chi connectivity index (χ4n) is 1.96. The van der Waals surface area contributed by atoms with Gasteiger partial charge in [-0.2, -0.15) is 5.10 Å². The largest absolute Gasteiger partial charge is 0.314 e. The summed E-state index contributed by atoms with van der Waals surface area (Å²) in [4.78, 5) is 0. The standard InChI is InChI=1S/C12H20BrN3/c1-3-16-11(12(13)9(2)15-16)5-4-8-14-10-6-7-10/h10,14H,3-8H2,1-2H3. The van der Waals surface area contributed by atoms with Gasteiger partial charge in [0.1, 0.15) is 0 Å². The van der Waals surface area contributed by atoms with Crippen molar-refractivity contribution in [3.63, 3.8) is 0 Å². The molecular weight excluding hydrogens is 266 g/mol. The predicted octanol–water partition coefficient (Wildman–Crippen LogP) is 2.66. The van der Waals surface area contributed by atoms with E-state index in [0.29, 0.717) is 0 Å². The molecule has 3 nitrogen and oxygen atoms in total. The van der Waals surface area contributed by atoms with Gasteiger partial charge in [0.25, 0.3) is 0 Å². The molecule has 1 heterocycles. The van der Waals surface area contributed by atoms with Gasteiger partial charge in [-0.3, -0.25) is 4.68 Å². The molecule has 16 heavy (non-hydrogen) atoms. The van der Waals surface area contributed by atoms with Crippen LogP contribution < -0.4 is 5.32 Å². The Morgan fingerprint density at radius 2 is 2.25 bits per heavy atom. The van der Waals surface area contributed by atoms with Gasteiger partial charge in [-0.1, -0.05) is 0 Å². The summed E-state index contributed by atoms with van der Waals surface area (Å²) in [6.07, 6.45) is 5.04. The topological polar surface area (TPSA) is 29.9 Å². The Labute approximate surface area is 106 Å². The van der Waals surface area contributed by atoms with Crippen LogP contribution in [0.2, 0.25) is 0 Å². The maximum atomic E-state index is 4.50. The minimum atomic E-state index is 0.821. The number of hydrogen-bond acceptors (Lipinski definition) is 2. The lowest BCUT2D eigenvalue weighted by Crippen LogP contribution is -2.18. The van der Waals surface area contributed by atoms with Crippen molar-refractivity contribution in [3.8, 4) is 0 Å². The van der Waals surface area contributed by atoms with Gasteiger partial charge in [0, 0.05) is 12.6 Å². The summed E-state index contributed by atoms with van der Waals surface area (Å²) in [5.41, 5.74) is 2.45. The number of hydrogen-bond donors (Lipinski definition) is 1. The molecule has 1 fully saturated rings. The summed E-state index contributed by atoms with van der Waals surface area (Å²) >= 11 is 3.63. The van der Waals surface area contributed by atoms with Crippen LogP contribution >= 0.6 is 15.9 Å².